The first kappa shape index (κ1) is 13.4. The van der Waals surface area contributed by atoms with Crippen molar-refractivity contribution in [3.05, 3.63) is 64.3 Å². The minimum absolute atomic E-state index is 0.590. The van der Waals surface area contributed by atoms with E-state index in [-0.39, 0.29) is 0 Å². The van der Waals surface area contributed by atoms with Crippen LogP contribution in [0.25, 0.3) is 5.57 Å². The zero-order valence-electron chi connectivity index (χ0n) is 12.9. The predicted octanol–water partition coefficient (Wildman–Crippen LogP) is 5.71. The van der Waals surface area contributed by atoms with E-state index in [4.69, 9.17) is 0 Å². The summed E-state index contributed by atoms with van der Waals surface area (Å²) in [6.07, 6.45) is 9.73. The first-order valence-electron chi connectivity index (χ1n) is 7.94. The standard InChI is InChI=1S/C20H24/c1-4-15-9-11-17(12-10-15)19-13-20-16(5-2)7-6-8-18(20)14(19)3/h5,9-14H,4,6-8H2,1-3H3/b16-5+. The lowest BCUT2D eigenvalue weighted by Gasteiger charge is -2.20. The Hall–Kier alpha value is -1.56. The maximum atomic E-state index is 2.45. The Morgan fingerprint density at radius 3 is 2.55 bits per heavy atom. The largest absolute Gasteiger partial charge is 0.0838 e. The van der Waals surface area contributed by atoms with E-state index in [0.717, 1.165) is 6.42 Å². The Morgan fingerprint density at radius 2 is 1.90 bits per heavy atom. The molecular formula is C20H24. The molecule has 2 aliphatic rings. The number of hydrogen-bond donors (Lipinski definition) is 0. The third-order valence-corrected chi connectivity index (χ3v) is 4.92. The average molecular weight is 264 g/mol. The summed E-state index contributed by atoms with van der Waals surface area (Å²) >= 11 is 0. The van der Waals surface area contributed by atoms with Gasteiger partial charge in [-0.2, -0.15) is 0 Å². The van der Waals surface area contributed by atoms with E-state index in [9.17, 15) is 0 Å². The maximum absolute atomic E-state index is 2.45. The lowest BCUT2D eigenvalue weighted by molar-refractivity contribution is 0.710. The molecule has 104 valence electrons. The highest BCUT2D eigenvalue weighted by molar-refractivity contribution is 5.79. The zero-order chi connectivity index (χ0) is 14.1. The van der Waals surface area contributed by atoms with Gasteiger partial charge in [-0.05, 0) is 60.5 Å². The van der Waals surface area contributed by atoms with Crippen molar-refractivity contribution in [2.75, 3.05) is 0 Å². The summed E-state index contributed by atoms with van der Waals surface area (Å²) in [4.78, 5) is 0. The maximum Gasteiger partial charge on any atom is 0.00350 e. The van der Waals surface area contributed by atoms with Crippen molar-refractivity contribution in [3.63, 3.8) is 0 Å². The molecule has 0 amide bonds. The van der Waals surface area contributed by atoms with Gasteiger partial charge in [-0.1, -0.05) is 55.8 Å². The van der Waals surface area contributed by atoms with Gasteiger partial charge in [0.25, 0.3) is 0 Å². The van der Waals surface area contributed by atoms with Crippen LogP contribution in [0.1, 0.15) is 51.2 Å². The molecule has 3 rings (SSSR count). The van der Waals surface area contributed by atoms with Gasteiger partial charge in [0.1, 0.15) is 0 Å². The van der Waals surface area contributed by atoms with Gasteiger partial charge in [0.05, 0.1) is 0 Å². The summed E-state index contributed by atoms with van der Waals surface area (Å²) in [6.45, 7) is 6.77. The van der Waals surface area contributed by atoms with E-state index in [1.807, 2.05) is 0 Å². The lowest BCUT2D eigenvalue weighted by atomic mass is 9.84. The highest BCUT2D eigenvalue weighted by Crippen LogP contribution is 2.45. The van der Waals surface area contributed by atoms with Gasteiger partial charge in [-0.15, -0.1) is 0 Å². The van der Waals surface area contributed by atoms with Crippen LogP contribution in [0.15, 0.2) is 53.1 Å². The fourth-order valence-electron chi connectivity index (χ4n) is 3.61. The van der Waals surface area contributed by atoms with Crippen molar-refractivity contribution in [3.8, 4) is 0 Å². The summed E-state index contributed by atoms with van der Waals surface area (Å²) in [7, 11) is 0. The first-order valence-corrected chi connectivity index (χ1v) is 7.94. The summed E-state index contributed by atoms with van der Waals surface area (Å²) in [5.74, 6) is 0.590. The Labute approximate surface area is 122 Å². The summed E-state index contributed by atoms with van der Waals surface area (Å²) in [5, 5.41) is 0. The van der Waals surface area contributed by atoms with Gasteiger partial charge in [0, 0.05) is 5.92 Å². The van der Waals surface area contributed by atoms with E-state index >= 15 is 0 Å². The van der Waals surface area contributed by atoms with Crippen molar-refractivity contribution in [2.24, 2.45) is 5.92 Å². The van der Waals surface area contributed by atoms with Crippen LogP contribution in [0, 0.1) is 5.92 Å². The molecule has 20 heavy (non-hydrogen) atoms. The van der Waals surface area contributed by atoms with Gasteiger partial charge < -0.3 is 0 Å². The van der Waals surface area contributed by atoms with Crippen LogP contribution in [0.5, 0.6) is 0 Å². The minimum Gasteiger partial charge on any atom is -0.0838 e. The molecule has 0 spiro atoms. The summed E-state index contributed by atoms with van der Waals surface area (Å²) < 4.78 is 0. The Bertz CT molecular complexity index is 593. The van der Waals surface area contributed by atoms with Crippen LogP contribution in [-0.4, -0.2) is 0 Å². The van der Waals surface area contributed by atoms with Crippen molar-refractivity contribution in [1.82, 2.24) is 0 Å². The third kappa shape index (κ3) is 2.18. The van der Waals surface area contributed by atoms with E-state index in [2.05, 4.69) is 57.2 Å². The molecular weight excluding hydrogens is 240 g/mol. The number of allylic oxidation sites excluding steroid dienone is 6. The normalized spacial score (nSPS) is 24.1. The molecule has 0 radical (unpaired) electrons. The van der Waals surface area contributed by atoms with E-state index < -0.39 is 0 Å². The number of aryl methyl sites for hydroxylation is 1. The molecule has 0 saturated carbocycles. The SMILES string of the molecule is C/C=C1\CCCC2=C1C=C(c1ccc(CC)cc1)C2C. The van der Waals surface area contributed by atoms with Crippen LogP contribution >= 0.6 is 0 Å². The summed E-state index contributed by atoms with van der Waals surface area (Å²) in [5.41, 5.74) is 9.10. The van der Waals surface area contributed by atoms with Crippen molar-refractivity contribution in [2.45, 2.75) is 46.5 Å². The molecule has 1 aromatic rings. The molecule has 1 unspecified atom stereocenters. The highest BCUT2D eigenvalue weighted by Gasteiger charge is 2.28. The number of rotatable bonds is 2. The quantitative estimate of drug-likeness (QED) is 0.642. The third-order valence-electron chi connectivity index (χ3n) is 4.92. The Morgan fingerprint density at radius 1 is 1.15 bits per heavy atom. The van der Waals surface area contributed by atoms with Crippen LogP contribution in [0.3, 0.4) is 0 Å². The van der Waals surface area contributed by atoms with Gasteiger partial charge in [-0.25, -0.2) is 0 Å². The number of hydrogen-bond acceptors (Lipinski definition) is 0. The monoisotopic (exact) mass is 264 g/mol. The van der Waals surface area contributed by atoms with Crippen molar-refractivity contribution >= 4 is 5.57 Å². The molecule has 0 heterocycles. The fraction of sp³-hybridized carbons (Fsp3) is 0.400. The lowest BCUT2D eigenvalue weighted by Crippen LogP contribution is -2.04. The Kier molecular flexibility index (Phi) is 3.65. The molecule has 0 aliphatic heterocycles. The van der Waals surface area contributed by atoms with Crippen molar-refractivity contribution in [1.29, 1.82) is 0 Å². The van der Waals surface area contributed by atoms with Crippen LogP contribution in [0.4, 0.5) is 0 Å². The smallest absolute Gasteiger partial charge is 0.00350 e. The molecule has 0 fully saturated rings. The topological polar surface area (TPSA) is 0 Å². The molecule has 0 N–H and O–H groups in total. The second-order valence-corrected chi connectivity index (χ2v) is 5.98. The fourth-order valence-corrected chi connectivity index (χ4v) is 3.61. The molecule has 1 atom stereocenters. The van der Waals surface area contributed by atoms with Crippen molar-refractivity contribution < 1.29 is 0 Å². The van der Waals surface area contributed by atoms with Crippen LogP contribution in [0.2, 0.25) is 0 Å². The van der Waals surface area contributed by atoms with Crippen LogP contribution < -0.4 is 0 Å². The molecule has 2 aliphatic carbocycles. The Balaban J connectivity index is 1.96. The van der Waals surface area contributed by atoms with Gasteiger partial charge >= 0.3 is 0 Å². The predicted molar refractivity (Wildman–Crippen MR) is 87.6 cm³/mol. The first-order chi connectivity index (χ1) is 9.74. The van der Waals surface area contributed by atoms with E-state index in [1.54, 1.807) is 16.7 Å². The van der Waals surface area contributed by atoms with Gasteiger partial charge in [0.2, 0.25) is 0 Å². The minimum atomic E-state index is 0.590. The average Bonchev–Trinajstić information content (AvgIpc) is 2.85. The summed E-state index contributed by atoms with van der Waals surface area (Å²) in [6, 6.07) is 9.15. The molecule has 1 aromatic carbocycles. The van der Waals surface area contributed by atoms with E-state index in [0.29, 0.717) is 5.92 Å². The second-order valence-electron chi connectivity index (χ2n) is 5.98. The molecule has 0 saturated heterocycles. The molecule has 0 bridgehead atoms. The van der Waals surface area contributed by atoms with Gasteiger partial charge in [0.15, 0.2) is 0 Å². The molecule has 0 heteroatoms. The molecule has 0 aromatic heterocycles. The number of benzene rings is 1. The molecule has 0 nitrogen and oxygen atoms in total. The second kappa shape index (κ2) is 5.44. The van der Waals surface area contributed by atoms with Crippen LogP contribution in [-0.2, 0) is 6.42 Å². The van der Waals surface area contributed by atoms with Gasteiger partial charge in [-0.3, -0.25) is 0 Å². The van der Waals surface area contributed by atoms with E-state index in [1.165, 1.54) is 36.0 Å². The highest BCUT2D eigenvalue weighted by atomic mass is 14.3. The zero-order valence-corrected chi connectivity index (χ0v) is 12.9.